The summed E-state index contributed by atoms with van der Waals surface area (Å²) >= 11 is 1.80. The minimum Gasteiger partial charge on any atom is -0.291 e. The number of fused-ring (bicyclic) bond motifs is 1. The number of aromatic nitrogens is 3. The van der Waals surface area contributed by atoms with Crippen molar-refractivity contribution < 1.29 is 0 Å². The number of thiophene rings is 1. The molecule has 0 aromatic carbocycles. The van der Waals surface area contributed by atoms with Crippen molar-refractivity contribution in [3.05, 3.63) is 35.3 Å². The monoisotopic (exact) mass is 298 g/mol. The molecule has 0 spiro atoms. The molecule has 21 heavy (non-hydrogen) atoms. The van der Waals surface area contributed by atoms with Crippen LogP contribution >= 0.6 is 11.3 Å². The number of rotatable bonds is 2. The molecular weight excluding hydrogens is 280 g/mol. The Kier molecular flexibility index (Phi) is 3.05. The molecule has 5 heteroatoms. The molecule has 3 aromatic heterocycles. The highest BCUT2D eigenvalue weighted by molar-refractivity contribution is 7.15. The fourth-order valence-corrected chi connectivity index (χ4v) is 4.01. The smallest absolute Gasteiger partial charge is 0.161 e. The van der Waals surface area contributed by atoms with Crippen LogP contribution in [0.15, 0.2) is 30.5 Å². The Bertz CT molecular complexity index is 789. The maximum atomic E-state index is 4.86. The van der Waals surface area contributed by atoms with E-state index in [1.165, 1.54) is 16.2 Å². The Morgan fingerprint density at radius 3 is 2.90 bits per heavy atom. The highest BCUT2D eigenvalue weighted by atomic mass is 32.1. The van der Waals surface area contributed by atoms with Crippen LogP contribution in [0.5, 0.6) is 0 Å². The normalized spacial score (nSPS) is 19.6. The number of hydrogen-bond acceptors (Lipinski definition) is 4. The van der Waals surface area contributed by atoms with Gasteiger partial charge in [0.25, 0.3) is 0 Å². The fraction of sp³-hybridized carbons (Fsp3) is 0.375. The minimum atomic E-state index is 0.363. The topological polar surface area (TPSA) is 34.0 Å². The molecular formula is C16H18N4S. The first-order valence-corrected chi connectivity index (χ1v) is 8.16. The summed E-state index contributed by atoms with van der Waals surface area (Å²) < 4.78 is 2.33. The van der Waals surface area contributed by atoms with Gasteiger partial charge in [-0.05, 0) is 57.6 Å². The fourth-order valence-electron chi connectivity index (χ4n) is 3.16. The second-order valence-electron chi connectivity index (χ2n) is 5.67. The van der Waals surface area contributed by atoms with Gasteiger partial charge in [0.1, 0.15) is 5.52 Å². The van der Waals surface area contributed by atoms with Gasteiger partial charge in [-0.1, -0.05) is 0 Å². The number of pyridine rings is 1. The van der Waals surface area contributed by atoms with Gasteiger partial charge in [-0.3, -0.25) is 9.47 Å². The number of imidazole rings is 1. The molecule has 1 fully saturated rings. The Hall–Kier alpha value is -1.72. The summed E-state index contributed by atoms with van der Waals surface area (Å²) in [5.74, 6) is 1.06. The Morgan fingerprint density at radius 2 is 2.19 bits per heavy atom. The molecule has 4 rings (SSSR count). The highest BCUT2D eigenvalue weighted by Crippen LogP contribution is 2.36. The summed E-state index contributed by atoms with van der Waals surface area (Å²) in [5, 5.41) is 0. The maximum absolute atomic E-state index is 4.86. The third-order valence-corrected chi connectivity index (χ3v) is 5.19. The van der Waals surface area contributed by atoms with Gasteiger partial charge in [0, 0.05) is 11.1 Å². The van der Waals surface area contributed by atoms with Crippen LogP contribution in [-0.4, -0.2) is 33.0 Å². The Labute approximate surface area is 128 Å². The predicted molar refractivity (Wildman–Crippen MR) is 86.5 cm³/mol. The van der Waals surface area contributed by atoms with Crippen molar-refractivity contribution >= 4 is 22.5 Å². The van der Waals surface area contributed by atoms with E-state index in [0.29, 0.717) is 6.17 Å². The maximum Gasteiger partial charge on any atom is 0.161 e. The largest absolute Gasteiger partial charge is 0.291 e. The van der Waals surface area contributed by atoms with E-state index in [1.54, 1.807) is 11.3 Å². The summed E-state index contributed by atoms with van der Waals surface area (Å²) in [6, 6.07) is 8.35. The third-order valence-electron chi connectivity index (χ3n) is 4.19. The molecule has 1 atom stereocenters. The number of hydrogen-bond donors (Lipinski definition) is 0. The van der Waals surface area contributed by atoms with E-state index in [2.05, 4.69) is 46.6 Å². The van der Waals surface area contributed by atoms with Crippen LogP contribution in [0.3, 0.4) is 0 Å². The molecule has 1 aliphatic heterocycles. The molecule has 4 nitrogen and oxygen atoms in total. The minimum absolute atomic E-state index is 0.363. The lowest BCUT2D eigenvalue weighted by Crippen LogP contribution is -2.23. The molecule has 0 saturated carbocycles. The van der Waals surface area contributed by atoms with Crippen LogP contribution in [0.2, 0.25) is 0 Å². The zero-order valence-electron chi connectivity index (χ0n) is 12.3. The average Bonchev–Trinajstić information content (AvgIpc) is 3.16. The zero-order chi connectivity index (χ0) is 14.4. The van der Waals surface area contributed by atoms with E-state index in [9.17, 15) is 0 Å². The SMILES string of the molecule is Cc1ccc(-c2nc3cccnc3n2C2CCCN2C)s1. The van der Waals surface area contributed by atoms with Crippen LogP contribution < -0.4 is 0 Å². The van der Waals surface area contributed by atoms with Crippen molar-refractivity contribution in [3.8, 4) is 10.7 Å². The second-order valence-corrected chi connectivity index (χ2v) is 6.95. The van der Waals surface area contributed by atoms with Crippen molar-refractivity contribution in [2.75, 3.05) is 13.6 Å². The first-order chi connectivity index (χ1) is 10.2. The molecule has 3 aromatic rings. The molecule has 108 valence electrons. The molecule has 0 radical (unpaired) electrons. The van der Waals surface area contributed by atoms with Crippen molar-refractivity contribution in [2.24, 2.45) is 0 Å². The first-order valence-electron chi connectivity index (χ1n) is 7.34. The van der Waals surface area contributed by atoms with E-state index in [0.717, 1.165) is 30.0 Å². The molecule has 4 heterocycles. The molecule has 1 saturated heterocycles. The highest BCUT2D eigenvalue weighted by Gasteiger charge is 2.28. The van der Waals surface area contributed by atoms with E-state index in [4.69, 9.17) is 4.98 Å². The molecule has 0 aliphatic carbocycles. The van der Waals surface area contributed by atoms with Crippen molar-refractivity contribution in [1.82, 2.24) is 19.4 Å². The molecule has 1 unspecified atom stereocenters. The van der Waals surface area contributed by atoms with Gasteiger partial charge in [0.2, 0.25) is 0 Å². The lowest BCUT2D eigenvalue weighted by molar-refractivity contribution is 0.244. The van der Waals surface area contributed by atoms with Gasteiger partial charge in [0.05, 0.1) is 11.0 Å². The van der Waals surface area contributed by atoms with Crippen LogP contribution in [0.25, 0.3) is 21.9 Å². The quantitative estimate of drug-likeness (QED) is 0.723. The Morgan fingerprint density at radius 1 is 1.29 bits per heavy atom. The summed E-state index contributed by atoms with van der Waals surface area (Å²) in [7, 11) is 2.19. The van der Waals surface area contributed by atoms with Crippen molar-refractivity contribution in [2.45, 2.75) is 25.9 Å². The summed E-state index contributed by atoms with van der Waals surface area (Å²) in [5.41, 5.74) is 1.98. The van der Waals surface area contributed by atoms with Gasteiger partial charge in [-0.15, -0.1) is 11.3 Å². The summed E-state index contributed by atoms with van der Waals surface area (Å²) in [4.78, 5) is 14.4. The lowest BCUT2D eigenvalue weighted by atomic mass is 10.3. The molecule has 0 amide bonds. The van der Waals surface area contributed by atoms with Gasteiger partial charge in [-0.25, -0.2) is 9.97 Å². The predicted octanol–water partition coefficient (Wildman–Crippen LogP) is 3.69. The van der Waals surface area contributed by atoms with E-state index < -0.39 is 0 Å². The van der Waals surface area contributed by atoms with Gasteiger partial charge in [-0.2, -0.15) is 0 Å². The van der Waals surface area contributed by atoms with Gasteiger partial charge >= 0.3 is 0 Å². The van der Waals surface area contributed by atoms with E-state index in [-0.39, 0.29) is 0 Å². The van der Waals surface area contributed by atoms with E-state index >= 15 is 0 Å². The second kappa shape index (κ2) is 4.93. The van der Waals surface area contributed by atoms with Crippen LogP contribution in [0, 0.1) is 6.92 Å². The van der Waals surface area contributed by atoms with E-state index in [1.807, 2.05) is 12.3 Å². The molecule has 0 bridgehead atoms. The average molecular weight is 298 g/mol. The number of nitrogens with zero attached hydrogens (tertiary/aromatic N) is 4. The van der Waals surface area contributed by atoms with Crippen molar-refractivity contribution in [3.63, 3.8) is 0 Å². The van der Waals surface area contributed by atoms with Gasteiger partial charge in [0.15, 0.2) is 11.5 Å². The van der Waals surface area contributed by atoms with Crippen molar-refractivity contribution in [1.29, 1.82) is 0 Å². The number of likely N-dealkylation sites (tertiary alicyclic amines) is 1. The number of aryl methyl sites for hydroxylation is 1. The molecule has 0 N–H and O–H groups in total. The van der Waals surface area contributed by atoms with Gasteiger partial charge < -0.3 is 0 Å². The zero-order valence-corrected chi connectivity index (χ0v) is 13.1. The Balaban J connectivity index is 1.97. The summed E-state index contributed by atoms with van der Waals surface area (Å²) in [6.07, 6.45) is 4.62. The first kappa shape index (κ1) is 13.0. The van der Waals surface area contributed by atoms with Crippen LogP contribution in [0.4, 0.5) is 0 Å². The standard InChI is InChI=1S/C16H18N4S/c1-11-7-8-13(21-11)16-18-12-5-3-9-17-15(12)20(16)14-6-4-10-19(14)2/h3,5,7-9,14H,4,6,10H2,1-2H3. The lowest BCUT2D eigenvalue weighted by Gasteiger charge is -2.23. The molecule has 1 aliphatic rings. The summed E-state index contributed by atoms with van der Waals surface area (Å²) in [6.45, 7) is 3.28. The van der Waals surface area contributed by atoms with Crippen LogP contribution in [0.1, 0.15) is 23.9 Å². The van der Waals surface area contributed by atoms with Crippen LogP contribution in [-0.2, 0) is 0 Å². The third kappa shape index (κ3) is 2.08.